The van der Waals surface area contributed by atoms with Crippen molar-refractivity contribution in [2.24, 2.45) is 0 Å². The van der Waals surface area contributed by atoms with E-state index in [1.807, 2.05) is 0 Å². The van der Waals surface area contributed by atoms with Gasteiger partial charge in [-0.1, -0.05) is 0 Å². The zero-order valence-electron chi connectivity index (χ0n) is 5.73. The van der Waals surface area contributed by atoms with Gasteiger partial charge in [-0.05, 0) is 6.92 Å². The van der Waals surface area contributed by atoms with Crippen molar-refractivity contribution in [3.63, 3.8) is 0 Å². The Morgan fingerprint density at radius 3 is 2.10 bits per heavy atom. The molecule has 0 saturated heterocycles. The van der Waals surface area contributed by atoms with Gasteiger partial charge >= 0.3 is 12.5 Å². The largest absolute Gasteiger partial charge is 0.382 e. The topological polar surface area (TPSA) is 18.5 Å². The van der Waals surface area contributed by atoms with Gasteiger partial charge in [0.05, 0.1) is 6.61 Å². The number of halogens is 3. The molecule has 0 amide bonds. The van der Waals surface area contributed by atoms with Crippen LogP contribution in [-0.2, 0) is 9.47 Å². The van der Waals surface area contributed by atoms with Crippen molar-refractivity contribution in [1.29, 1.82) is 0 Å². The van der Waals surface area contributed by atoms with Crippen LogP contribution in [0.5, 0.6) is 0 Å². The molecule has 0 radical (unpaired) electrons. The molecule has 62 valence electrons. The van der Waals surface area contributed by atoms with Crippen LogP contribution in [-0.4, -0.2) is 26.2 Å². The van der Waals surface area contributed by atoms with Crippen LogP contribution >= 0.6 is 0 Å². The maximum absolute atomic E-state index is 12.4. The van der Waals surface area contributed by atoms with Crippen LogP contribution < -0.4 is 0 Å². The van der Waals surface area contributed by atoms with Crippen molar-refractivity contribution >= 4 is 0 Å². The summed E-state index contributed by atoms with van der Waals surface area (Å²) in [7, 11) is 0.821. The molecule has 0 aliphatic carbocycles. The number of rotatable bonds is 4. The molecule has 1 unspecified atom stereocenters. The minimum absolute atomic E-state index is 0.158. The van der Waals surface area contributed by atoms with Crippen molar-refractivity contribution in [1.82, 2.24) is 0 Å². The zero-order valence-corrected chi connectivity index (χ0v) is 5.73. The number of alkyl halides is 3. The summed E-state index contributed by atoms with van der Waals surface area (Å²) in [4.78, 5) is 0. The molecule has 2 nitrogen and oxygen atoms in total. The fourth-order valence-electron chi connectivity index (χ4n) is 0.408. The summed E-state index contributed by atoms with van der Waals surface area (Å²) in [6.45, 7) is 1.24. The molecule has 0 aliphatic heterocycles. The van der Waals surface area contributed by atoms with E-state index in [-0.39, 0.29) is 6.61 Å². The highest BCUT2D eigenvalue weighted by molar-refractivity contribution is 4.55. The first-order chi connectivity index (χ1) is 4.56. The third-order valence-electron chi connectivity index (χ3n) is 0.880. The molecule has 0 saturated carbocycles. The number of hydrogen-bond acceptors (Lipinski definition) is 2. The number of hydrogen-bond donors (Lipinski definition) is 0. The molecule has 10 heavy (non-hydrogen) atoms. The third kappa shape index (κ3) is 2.15. The Morgan fingerprint density at radius 1 is 1.50 bits per heavy atom. The predicted octanol–water partition coefficient (Wildman–Crippen LogP) is 1.56. The van der Waals surface area contributed by atoms with Gasteiger partial charge < -0.3 is 9.47 Å². The van der Waals surface area contributed by atoms with E-state index in [0.29, 0.717) is 0 Å². The Bertz CT molecular complexity index is 98.9. The van der Waals surface area contributed by atoms with Crippen LogP contribution in [0, 0.1) is 0 Å². The molecule has 0 rings (SSSR count). The van der Waals surface area contributed by atoms with Crippen LogP contribution in [0.4, 0.5) is 13.2 Å². The Hall–Kier alpha value is -0.290. The van der Waals surface area contributed by atoms with Gasteiger partial charge in [0.15, 0.2) is 0 Å². The lowest BCUT2D eigenvalue weighted by molar-refractivity contribution is -0.354. The monoisotopic (exact) mass is 158 g/mol. The third-order valence-corrected chi connectivity index (χ3v) is 0.880. The molecule has 0 aromatic rings. The summed E-state index contributed by atoms with van der Waals surface area (Å²) >= 11 is 0. The van der Waals surface area contributed by atoms with Gasteiger partial charge in [0, 0.05) is 7.11 Å². The predicted molar refractivity (Wildman–Crippen MR) is 28.5 cm³/mol. The summed E-state index contributed by atoms with van der Waals surface area (Å²) in [5, 5.41) is 0. The lowest BCUT2D eigenvalue weighted by Gasteiger charge is -2.21. The first kappa shape index (κ1) is 9.71. The molecule has 0 aromatic carbocycles. The molecule has 0 bridgehead atoms. The first-order valence-electron chi connectivity index (χ1n) is 2.73. The van der Waals surface area contributed by atoms with Gasteiger partial charge in [-0.2, -0.15) is 4.39 Å². The lowest BCUT2D eigenvalue weighted by atomic mass is 10.6. The maximum Gasteiger partial charge on any atom is 0.382 e. The first-order valence-corrected chi connectivity index (χ1v) is 2.73. The minimum atomic E-state index is -3.28. The average Bonchev–Trinajstić information content (AvgIpc) is 1.88. The normalized spacial score (nSPS) is 17.4. The summed E-state index contributed by atoms with van der Waals surface area (Å²) in [6.07, 6.45) is -3.28. The van der Waals surface area contributed by atoms with Crippen LogP contribution in [0.15, 0.2) is 0 Å². The van der Waals surface area contributed by atoms with E-state index in [1.54, 1.807) is 0 Å². The fraction of sp³-hybridized carbons (Fsp3) is 1.00. The molecular weight excluding hydrogens is 149 g/mol. The molecule has 0 fully saturated rings. The van der Waals surface area contributed by atoms with Crippen molar-refractivity contribution in [3.05, 3.63) is 0 Å². The Balaban J connectivity index is 3.94. The van der Waals surface area contributed by atoms with Crippen molar-refractivity contribution < 1.29 is 22.6 Å². The quantitative estimate of drug-likeness (QED) is 0.578. The van der Waals surface area contributed by atoms with Gasteiger partial charge in [-0.25, -0.2) is 8.78 Å². The second kappa shape index (κ2) is 3.78. The van der Waals surface area contributed by atoms with E-state index < -0.39 is 12.5 Å². The van der Waals surface area contributed by atoms with E-state index in [4.69, 9.17) is 0 Å². The van der Waals surface area contributed by atoms with E-state index >= 15 is 0 Å². The Kier molecular flexibility index (Phi) is 3.67. The van der Waals surface area contributed by atoms with Crippen molar-refractivity contribution in [2.45, 2.75) is 19.4 Å². The van der Waals surface area contributed by atoms with E-state index in [2.05, 4.69) is 9.47 Å². The Morgan fingerprint density at radius 2 is 2.00 bits per heavy atom. The van der Waals surface area contributed by atoms with Gasteiger partial charge in [0.25, 0.3) is 0 Å². The maximum atomic E-state index is 12.4. The van der Waals surface area contributed by atoms with E-state index in [1.165, 1.54) is 6.92 Å². The zero-order chi connectivity index (χ0) is 8.20. The van der Waals surface area contributed by atoms with Crippen LogP contribution in [0.25, 0.3) is 0 Å². The summed E-state index contributed by atoms with van der Waals surface area (Å²) < 4.78 is 43.5. The summed E-state index contributed by atoms with van der Waals surface area (Å²) in [6, 6.07) is -3.24. The fourth-order valence-corrected chi connectivity index (χ4v) is 0.408. The standard InChI is InChI=1S/C5H9F3O2/c1-3-10-5(8,9-2)4(6)7/h4H,3H2,1-2H3. The molecule has 5 heteroatoms. The van der Waals surface area contributed by atoms with E-state index in [9.17, 15) is 13.2 Å². The highest BCUT2D eigenvalue weighted by atomic mass is 19.3. The second-order valence-electron chi connectivity index (χ2n) is 1.52. The highest BCUT2D eigenvalue weighted by Crippen LogP contribution is 2.22. The van der Waals surface area contributed by atoms with Gasteiger partial charge in [0.1, 0.15) is 0 Å². The lowest BCUT2D eigenvalue weighted by Crippen LogP contribution is -2.37. The second-order valence-corrected chi connectivity index (χ2v) is 1.52. The molecule has 0 N–H and O–H groups in total. The van der Waals surface area contributed by atoms with Crippen LogP contribution in [0.3, 0.4) is 0 Å². The molecule has 0 aromatic heterocycles. The SMILES string of the molecule is CCOC(F)(OC)C(F)F. The molecule has 0 aliphatic rings. The molecular formula is C5H9F3O2. The van der Waals surface area contributed by atoms with Crippen LogP contribution in [0.1, 0.15) is 6.92 Å². The smallest absolute Gasteiger partial charge is 0.323 e. The molecule has 0 spiro atoms. The van der Waals surface area contributed by atoms with Crippen molar-refractivity contribution in [3.8, 4) is 0 Å². The van der Waals surface area contributed by atoms with E-state index in [0.717, 1.165) is 7.11 Å². The minimum Gasteiger partial charge on any atom is -0.323 e. The van der Waals surface area contributed by atoms with Crippen LogP contribution in [0.2, 0.25) is 0 Å². The average molecular weight is 158 g/mol. The highest BCUT2D eigenvalue weighted by Gasteiger charge is 2.41. The number of methoxy groups -OCH3 is 1. The number of ether oxygens (including phenoxy) is 2. The van der Waals surface area contributed by atoms with Crippen molar-refractivity contribution in [2.75, 3.05) is 13.7 Å². The van der Waals surface area contributed by atoms with Gasteiger partial charge in [0.2, 0.25) is 0 Å². The van der Waals surface area contributed by atoms with Gasteiger partial charge in [-0.3, -0.25) is 0 Å². The molecule has 1 atom stereocenters. The van der Waals surface area contributed by atoms with Gasteiger partial charge in [-0.15, -0.1) is 0 Å². The summed E-state index contributed by atoms with van der Waals surface area (Å²) in [5.74, 6) is 0. The summed E-state index contributed by atoms with van der Waals surface area (Å²) in [5.41, 5.74) is 0. The molecule has 0 heterocycles. The Labute approximate surface area is 56.9 Å².